The van der Waals surface area contributed by atoms with Gasteiger partial charge in [0.25, 0.3) is 11.5 Å². The number of ether oxygens (including phenoxy) is 1. The molecule has 0 radical (unpaired) electrons. The van der Waals surface area contributed by atoms with Crippen LogP contribution in [0.2, 0.25) is 0 Å². The standard InChI is InChI=1S/C18H21N3O4/c1-3-4-11-21-17(23)10-9-15(20-21)18(24)25-12-16(22)19-14-7-5-13(2)6-8-14/h5-10H,3-4,11-12H2,1-2H3,(H,19,22). The molecule has 0 aliphatic heterocycles. The third-order valence-corrected chi connectivity index (χ3v) is 3.47. The van der Waals surface area contributed by atoms with Crippen LogP contribution in [0.15, 0.2) is 41.2 Å². The van der Waals surface area contributed by atoms with Gasteiger partial charge in [0, 0.05) is 18.3 Å². The van der Waals surface area contributed by atoms with Crippen molar-refractivity contribution in [1.82, 2.24) is 9.78 Å². The van der Waals surface area contributed by atoms with Gasteiger partial charge in [-0.3, -0.25) is 9.59 Å². The summed E-state index contributed by atoms with van der Waals surface area (Å²) in [6.07, 6.45) is 1.69. The van der Waals surface area contributed by atoms with Crippen LogP contribution in [0, 0.1) is 6.92 Å². The molecule has 0 saturated heterocycles. The molecule has 0 fully saturated rings. The fraction of sp³-hybridized carbons (Fsp3) is 0.333. The van der Waals surface area contributed by atoms with Crippen LogP contribution in [0.5, 0.6) is 0 Å². The molecule has 0 aliphatic rings. The second kappa shape index (κ2) is 8.77. The third kappa shape index (κ3) is 5.56. The maximum Gasteiger partial charge on any atom is 0.359 e. The number of aromatic nitrogens is 2. The lowest BCUT2D eigenvalue weighted by Gasteiger charge is -2.08. The zero-order valence-corrected chi connectivity index (χ0v) is 14.3. The number of amides is 1. The van der Waals surface area contributed by atoms with E-state index in [9.17, 15) is 14.4 Å². The number of carbonyl (C=O) groups excluding carboxylic acids is 2. The molecule has 0 aliphatic carbocycles. The van der Waals surface area contributed by atoms with E-state index in [0.29, 0.717) is 12.2 Å². The van der Waals surface area contributed by atoms with Gasteiger partial charge in [-0.15, -0.1) is 0 Å². The smallest absolute Gasteiger partial charge is 0.359 e. The molecule has 0 atom stereocenters. The number of unbranched alkanes of at least 4 members (excludes halogenated alkanes) is 1. The molecule has 7 nitrogen and oxygen atoms in total. The summed E-state index contributed by atoms with van der Waals surface area (Å²) >= 11 is 0. The number of nitrogens with zero attached hydrogens (tertiary/aromatic N) is 2. The van der Waals surface area contributed by atoms with Crippen LogP contribution >= 0.6 is 0 Å². The van der Waals surface area contributed by atoms with Crippen molar-refractivity contribution in [1.29, 1.82) is 0 Å². The monoisotopic (exact) mass is 343 g/mol. The second-order valence-corrected chi connectivity index (χ2v) is 5.62. The number of aryl methyl sites for hydroxylation is 2. The summed E-state index contributed by atoms with van der Waals surface area (Å²) in [6, 6.07) is 9.83. The summed E-state index contributed by atoms with van der Waals surface area (Å²) in [6.45, 7) is 3.95. The Bertz CT molecular complexity index is 797. The zero-order valence-electron chi connectivity index (χ0n) is 14.3. The Hall–Kier alpha value is -2.96. The molecule has 0 saturated carbocycles. The molecule has 25 heavy (non-hydrogen) atoms. The van der Waals surface area contributed by atoms with E-state index in [-0.39, 0.29) is 11.3 Å². The van der Waals surface area contributed by atoms with Gasteiger partial charge in [0.1, 0.15) is 0 Å². The average Bonchev–Trinajstić information content (AvgIpc) is 2.61. The van der Waals surface area contributed by atoms with Crippen LogP contribution in [0.1, 0.15) is 35.8 Å². The van der Waals surface area contributed by atoms with E-state index in [1.807, 2.05) is 26.0 Å². The number of rotatable bonds is 7. The maximum absolute atomic E-state index is 12.0. The molecule has 1 N–H and O–H groups in total. The topological polar surface area (TPSA) is 90.3 Å². The number of anilines is 1. The van der Waals surface area contributed by atoms with Crippen LogP contribution in [0.25, 0.3) is 0 Å². The number of nitrogens with one attached hydrogen (secondary N) is 1. The van der Waals surface area contributed by atoms with Crippen LogP contribution in [-0.2, 0) is 16.1 Å². The largest absolute Gasteiger partial charge is 0.451 e. The van der Waals surface area contributed by atoms with E-state index in [0.717, 1.165) is 18.4 Å². The molecule has 0 bridgehead atoms. The number of hydrogen-bond acceptors (Lipinski definition) is 5. The summed E-state index contributed by atoms with van der Waals surface area (Å²) in [5.74, 6) is -1.19. The van der Waals surface area contributed by atoms with Gasteiger partial charge in [0.05, 0.1) is 0 Å². The van der Waals surface area contributed by atoms with Gasteiger partial charge >= 0.3 is 5.97 Å². The summed E-state index contributed by atoms with van der Waals surface area (Å²) in [7, 11) is 0. The fourth-order valence-corrected chi connectivity index (χ4v) is 2.06. The maximum atomic E-state index is 12.0. The minimum atomic E-state index is -0.746. The molecule has 0 unspecified atom stereocenters. The van der Waals surface area contributed by atoms with Crippen LogP contribution < -0.4 is 10.9 Å². The van der Waals surface area contributed by atoms with E-state index in [1.165, 1.54) is 16.8 Å². The predicted octanol–water partition coefficient (Wildman–Crippen LogP) is 2.15. The van der Waals surface area contributed by atoms with Gasteiger partial charge in [0.15, 0.2) is 12.3 Å². The zero-order chi connectivity index (χ0) is 18.2. The van der Waals surface area contributed by atoms with Crippen LogP contribution in [-0.4, -0.2) is 28.3 Å². The van der Waals surface area contributed by atoms with Gasteiger partial charge in [-0.25, -0.2) is 9.48 Å². The number of benzene rings is 1. The van der Waals surface area contributed by atoms with Gasteiger partial charge < -0.3 is 10.1 Å². The third-order valence-electron chi connectivity index (χ3n) is 3.47. The van der Waals surface area contributed by atoms with Crippen molar-refractivity contribution in [3.63, 3.8) is 0 Å². The lowest BCUT2D eigenvalue weighted by Crippen LogP contribution is -2.26. The van der Waals surface area contributed by atoms with Gasteiger partial charge in [-0.05, 0) is 31.5 Å². The van der Waals surface area contributed by atoms with E-state index in [2.05, 4.69) is 10.4 Å². The Morgan fingerprint density at radius 3 is 2.56 bits per heavy atom. The molecule has 7 heteroatoms. The fourth-order valence-electron chi connectivity index (χ4n) is 2.06. The van der Waals surface area contributed by atoms with Crippen molar-refractivity contribution in [2.24, 2.45) is 0 Å². The van der Waals surface area contributed by atoms with E-state index >= 15 is 0 Å². The van der Waals surface area contributed by atoms with Crippen molar-refractivity contribution in [3.8, 4) is 0 Å². The molecule has 2 rings (SSSR count). The second-order valence-electron chi connectivity index (χ2n) is 5.62. The van der Waals surface area contributed by atoms with Crippen LogP contribution in [0.4, 0.5) is 5.69 Å². The van der Waals surface area contributed by atoms with E-state index in [4.69, 9.17) is 4.74 Å². The van der Waals surface area contributed by atoms with Crippen molar-refractivity contribution in [3.05, 3.63) is 58.0 Å². The molecule has 1 heterocycles. The Labute approximate surface area is 145 Å². The number of carbonyl (C=O) groups is 2. The van der Waals surface area contributed by atoms with Gasteiger partial charge in [-0.1, -0.05) is 31.0 Å². The highest BCUT2D eigenvalue weighted by Crippen LogP contribution is 2.08. The molecule has 132 valence electrons. The van der Waals surface area contributed by atoms with Crippen molar-refractivity contribution >= 4 is 17.6 Å². The number of esters is 1. The van der Waals surface area contributed by atoms with E-state index < -0.39 is 18.5 Å². The summed E-state index contributed by atoms with van der Waals surface area (Å²) in [5.41, 5.74) is 1.42. The Kier molecular flexibility index (Phi) is 6.45. The van der Waals surface area contributed by atoms with Crippen molar-refractivity contribution < 1.29 is 14.3 Å². The molecule has 2 aromatic rings. The van der Waals surface area contributed by atoms with Crippen molar-refractivity contribution in [2.45, 2.75) is 33.2 Å². The minimum absolute atomic E-state index is 0.00108. The summed E-state index contributed by atoms with van der Waals surface area (Å²) in [5, 5.41) is 6.61. The highest BCUT2D eigenvalue weighted by molar-refractivity contribution is 5.94. The highest BCUT2D eigenvalue weighted by Gasteiger charge is 2.13. The van der Waals surface area contributed by atoms with Crippen LogP contribution in [0.3, 0.4) is 0 Å². The predicted molar refractivity (Wildman–Crippen MR) is 93.5 cm³/mol. The lowest BCUT2D eigenvalue weighted by atomic mass is 10.2. The Morgan fingerprint density at radius 1 is 1.16 bits per heavy atom. The van der Waals surface area contributed by atoms with E-state index in [1.54, 1.807) is 12.1 Å². The Morgan fingerprint density at radius 2 is 1.88 bits per heavy atom. The normalized spacial score (nSPS) is 10.3. The lowest BCUT2D eigenvalue weighted by molar-refractivity contribution is -0.119. The average molecular weight is 343 g/mol. The molecular formula is C18H21N3O4. The number of hydrogen-bond donors (Lipinski definition) is 1. The highest BCUT2D eigenvalue weighted by atomic mass is 16.5. The molecule has 1 aromatic heterocycles. The molecule has 1 amide bonds. The molecule has 1 aromatic carbocycles. The molecular weight excluding hydrogens is 322 g/mol. The minimum Gasteiger partial charge on any atom is -0.451 e. The first-order chi connectivity index (χ1) is 12.0. The first-order valence-corrected chi connectivity index (χ1v) is 8.11. The van der Waals surface area contributed by atoms with Gasteiger partial charge in [0.2, 0.25) is 0 Å². The molecule has 0 spiro atoms. The Balaban J connectivity index is 1.92. The van der Waals surface area contributed by atoms with Crippen molar-refractivity contribution in [2.75, 3.05) is 11.9 Å². The quantitative estimate of drug-likeness (QED) is 0.778. The SMILES string of the molecule is CCCCn1nc(C(=O)OCC(=O)Nc2ccc(C)cc2)ccc1=O. The first kappa shape index (κ1) is 18.4. The van der Waals surface area contributed by atoms with Gasteiger partial charge in [-0.2, -0.15) is 5.10 Å². The summed E-state index contributed by atoms with van der Waals surface area (Å²) < 4.78 is 6.18. The summed E-state index contributed by atoms with van der Waals surface area (Å²) in [4.78, 5) is 35.5. The first-order valence-electron chi connectivity index (χ1n) is 8.11.